The van der Waals surface area contributed by atoms with Gasteiger partial charge in [0, 0.05) is 37.8 Å². The van der Waals surface area contributed by atoms with Crippen molar-refractivity contribution in [2.75, 3.05) is 51.9 Å². The molecule has 1 fully saturated rings. The third-order valence-corrected chi connectivity index (χ3v) is 6.17. The summed E-state index contributed by atoms with van der Waals surface area (Å²) in [6, 6.07) is 11.3. The Bertz CT molecular complexity index is 1020. The van der Waals surface area contributed by atoms with Crippen LogP contribution in [0.25, 0.3) is 10.2 Å². The van der Waals surface area contributed by atoms with Gasteiger partial charge in [-0.25, -0.2) is 4.98 Å². The fourth-order valence-corrected chi connectivity index (χ4v) is 4.54. The molecule has 3 aromatic rings. The second-order valence-electron chi connectivity index (χ2n) is 6.94. The Labute approximate surface area is 179 Å². The average molecular weight is 428 g/mol. The number of carbonyl (C=O) groups is 1. The SMILES string of the molecule is CCOc1ccc2nc(N3CCN(C(=O)c4cc(OC)cc(OC)c4)CC3)sc2c1. The molecule has 1 aliphatic rings. The summed E-state index contributed by atoms with van der Waals surface area (Å²) in [5, 5.41) is 0.980. The summed E-state index contributed by atoms with van der Waals surface area (Å²) in [4.78, 5) is 21.9. The predicted molar refractivity (Wildman–Crippen MR) is 118 cm³/mol. The molecule has 1 aliphatic heterocycles. The Balaban J connectivity index is 1.45. The van der Waals surface area contributed by atoms with Crippen LogP contribution >= 0.6 is 11.3 Å². The first kappa shape index (κ1) is 20.3. The maximum Gasteiger partial charge on any atom is 0.254 e. The third-order valence-electron chi connectivity index (χ3n) is 5.10. The minimum Gasteiger partial charge on any atom is -0.497 e. The van der Waals surface area contributed by atoms with Crippen LogP contribution in [-0.4, -0.2) is 62.8 Å². The summed E-state index contributed by atoms with van der Waals surface area (Å²) in [7, 11) is 3.16. The number of hydrogen-bond donors (Lipinski definition) is 0. The first-order valence-electron chi connectivity index (χ1n) is 9.92. The van der Waals surface area contributed by atoms with Crippen molar-refractivity contribution >= 4 is 32.6 Å². The van der Waals surface area contributed by atoms with Gasteiger partial charge in [0.25, 0.3) is 5.91 Å². The minimum atomic E-state index is -0.0162. The number of hydrogen-bond acceptors (Lipinski definition) is 7. The number of piperazine rings is 1. The van der Waals surface area contributed by atoms with Crippen molar-refractivity contribution in [1.29, 1.82) is 0 Å². The highest BCUT2D eigenvalue weighted by atomic mass is 32.1. The fourth-order valence-electron chi connectivity index (χ4n) is 3.50. The number of amides is 1. The smallest absolute Gasteiger partial charge is 0.254 e. The number of methoxy groups -OCH3 is 2. The van der Waals surface area contributed by atoms with Crippen molar-refractivity contribution < 1.29 is 19.0 Å². The van der Waals surface area contributed by atoms with E-state index in [9.17, 15) is 4.79 Å². The Kier molecular flexibility index (Phi) is 5.94. The zero-order chi connectivity index (χ0) is 21.1. The first-order valence-corrected chi connectivity index (χ1v) is 10.7. The maximum absolute atomic E-state index is 13.0. The monoisotopic (exact) mass is 427 g/mol. The molecule has 8 heteroatoms. The highest BCUT2D eigenvalue weighted by Crippen LogP contribution is 2.32. The summed E-state index contributed by atoms with van der Waals surface area (Å²) in [6.45, 7) is 5.38. The minimum absolute atomic E-state index is 0.0162. The van der Waals surface area contributed by atoms with E-state index in [-0.39, 0.29) is 5.91 Å². The van der Waals surface area contributed by atoms with Crippen molar-refractivity contribution in [3.05, 3.63) is 42.0 Å². The standard InChI is InChI=1S/C22H25N3O4S/c1-4-29-16-5-6-19-20(14-16)30-22(23-19)25-9-7-24(8-10-25)21(26)15-11-17(27-2)13-18(12-15)28-3/h5-6,11-14H,4,7-10H2,1-3H3. The molecule has 4 rings (SSSR count). The predicted octanol–water partition coefficient (Wildman–Crippen LogP) is 3.67. The molecule has 2 heterocycles. The van der Waals surface area contributed by atoms with Gasteiger partial charge >= 0.3 is 0 Å². The number of rotatable bonds is 6. The van der Waals surface area contributed by atoms with Gasteiger partial charge in [-0.3, -0.25) is 4.79 Å². The van der Waals surface area contributed by atoms with E-state index in [0.29, 0.717) is 36.8 Å². The fraction of sp³-hybridized carbons (Fsp3) is 0.364. The largest absolute Gasteiger partial charge is 0.497 e. The lowest BCUT2D eigenvalue weighted by molar-refractivity contribution is 0.0746. The van der Waals surface area contributed by atoms with Gasteiger partial charge in [0.2, 0.25) is 0 Å². The maximum atomic E-state index is 13.0. The van der Waals surface area contributed by atoms with Crippen LogP contribution in [0.5, 0.6) is 17.2 Å². The molecular weight excluding hydrogens is 402 g/mol. The molecule has 0 spiro atoms. The zero-order valence-electron chi connectivity index (χ0n) is 17.4. The molecule has 2 aromatic carbocycles. The normalized spacial score (nSPS) is 14.1. The molecule has 158 valence electrons. The Morgan fingerprint density at radius 3 is 2.33 bits per heavy atom. The van der Waals surface area contributed by atoms with E-state index in [4.69, 9.17) is 19.2 Å². The third kappa shape index (κ3) is 4.14. The summed E-state index contributed by atoms with van der Waals surface area (Å²) in [6.07, 6.45) is 0. The van der Waals surface area contributed by atoms with Gasteiger partial charge in [-0.05, 0) is 37.3 Å². The molecule has 1 aromatic heterocycles. The highest BCUT2D eigenvalue weighted by Gasteiger charge is 2.24. The van der Waals surface area contributed by atoms with Crippen LogP contribution in [0, 0.1) is 0 Å². The molecule has 0 atom stereocenters. The topological polar surface area (TPSA) is 64.1 Å². The van der Waals surface area contributed by atoms with Crippen LogP contribution in [0.15, 0.2) is 36.4 Å². The second-order valence-corrected chi connectivity index (χ2v) is 7.95. The van der Waals surface area contributed by atoms with Gasteiger partial charge in [0.15, 0.2) is 5.13 Å². The number of aromatic nitrogens is 1. The van der Waals surface area contributed by atoms with Crippen molar-refractivity contribution in [3.8, 4) is 17.2 Å². The quantitative estimate of drug-likeness (QED) is 0.598. The van der Waals surface area contributed by atoms with Crippen LogP contribution < -0.4 is 19.1 Å². The molecule has 30 heavy (non-hydrogen) atoms. The van der Waals surface area contributed by atoms with Gasteiger partial charge in [0.1, 0.15) is 17.2 Å². The van der Waals surface area contributed by atoms with Crippen molar-refractivity contribution in [1.82, 2.24) is 9.88 Å². The van der Waals surface area contributed by atoms with Gasteiger partial charge in [-0.15, -0.1) is 0 Å². The van der Waals surface area contributed by atoms with E-state index in [2.05, 4.69) is 4.90 Å². The van der Waals surface area contributed by atoms with Crippen LogP contribution in [0.3, 0.4) is 0 Å². The molecule has 7 nitrogen and oxygen atoms in total. The summed E-state index contributed by atoms with van der Waals surface area (Å²) < 4.78 is 17.3. The Morgan fingerprint density at radius 2 is 1.70 bits per heavy atom. The first-order chi connectivity index (χ1) is 14.6. The molecule has 0 unspecified atom stereocenters. The van der Waals surface area contributed by atoms with E-state index in [0.717, 1.165) is 34.2 Å². The van der Waals surface area contributed by atoms with Crippen LogP contribution in [0.1, 0.15) is 17.3 Å². The lowest BCUT2D eigenvalue weighted by Crippen LogP contribution is -2.48. The number of benzene rings is 2. The lowest BCUT2D eigenvalue weighted by Gasteiger charge is -2.34. The number of carbonyl (C=O) groups excluding carboxylic acids is 1. The van der Waals surface area contributed by atoms with E-state index in [1.807, 2.05) is 30.0 Å². The Hall–Kier alpha value is -3.00. The van der Waals surface area contributed by atoms with Gasteiger partial charge in [-0.1, -0.05) is 11.3 Å². The molecule has 0 aliphatic carbocycles. The second kappa shape index (κ2) is 8.79. The van der Waals surface area contributed by atoms with Crippen LogP contribution in [-0.2, 0) is 0 Å². The van der Waals surface area contributed by atoms with E-state index >= 15 is 0 Å². The van der Waals surface area contributed by atoms with Crippen LogP contribution in [0.4, 0.5) is 5.13 Å². The highest BCUT2D eigenvalue weighted by molar-refractivity contribution is 7.22. The van der Waals surface area contributed by atoms with Gasteiger partial charge < -0.3 is 24.0 Å². The van der Waals surface area contributed by atoms with Crippen molar-refractivity contribution in [2.24, 2.45) is 0 Å². The van der Waals surface area contributed by atoms with Crippen LogP contribution in [0.2, 0.25) is 0 Å². The number of anilines is 1. The van der Waals surface area contributed by atoms with E-state index < -0.39 is 0 Å². The molecule has 0 bridgehead atoms. The van der Waals surface area contributed by atoms with E-state index in [1.165, 1.54) is 0 Å². The molecule has 1 amide bonds. The zero-order valence-corrected chi connectivity index (χ0v) is 18.2. The number of thiazole rings is 1. The average Bonchev–Trinajstić information content (AvgIpc) is 3.22. The van der Waals surface area contributed by atoms with Gasteiger partial charge in [-0.2, -0.15) is 0 Å². The van der Waals surface area contributed by atoms with Crippen molar-refractivity contribution in [3.63, 3.8) is 0 Å². The summed E-state index contributed by atoms with van der Waals surface area (Å²) in [5.41, 5.74) is 1.54. The molecule has 0 N–H and O–H groups in total. The molecule has 1 saturated heterocycles. The molecular formula is C22H25N3O4S. The lowest BCUT2D eigenvalue weighted by atomic mass is 10.1. The van der Waals surface area contributed by atoms with Crippen molar-refractivity contribution in [2.45, 2.75) is 6.92 Å². The molecule has 0 saturated carbocycles. The number of nitrogens with zero attached hydrogens (tertiary/aromatic N) is 3. The number of fused-ring (bicyclic) bond motifs is 1. The summed E-state index contributed by atoms with van der Waals surface area (Å²) >= 11 is 1.66. The Morgan fingerprint density at radius 1 is 1.00 bits per heavy atom. The summed E-state index contributed by atoms with van der Waals surface area (Å²) in [5.74, 6) is 2.07. The van der Waals surface area contributed by atoms with E-state index in [1.54, 1.807) is 43.8 Å². The molecule has 0 radical (unpaired) electrons. The van der Waals surface area contributed by atoms with Gasteiger partial charge in [0.05, 0.1) is 31.0 Å². The number of ether oxygens (including phenoxy) is 3.